The van der Waals surface area contributed by atoms with Crippen molar-refractivity contribution < 1.29 is 0 Å². The number of aromatic nitrogens is 1. The Morgan fingerprint density at radius 3 is 3.00 bits per heavy atom. The predicted octanol–water partition coefficient (Wildman–Crippen LogP) is 3.42. The first-order valence-corrected chi connectivity index (χ1v) is 6.10. The van der Waals surface area contributed by atoms with Crippen molar-refractivity contribution in [1.29, 1.82) is 0 Å². The summed E-state index contributed by atoms with van der Waals surface area (Å²) in [6.07, 6.45) is 4.27. The topological polar surface area (TPSA) is 27.8 Å². The molecule has 1 aliphatic rings. The Morgan fingerprint density at radius 2 is 2.25 bits per heavy atom. The molecule has 84 valence electrons. The van der Waals surface area contributed by atoms with Crippen molar-refractivity contribution >= 4 is 22.5 Å². The van der Waals surface area contributed by atoms with Crippen LogP contribution in [0, 0.1) is 0 Å². The molecule has 2 N–H and O–H groups in total. The standard InChI is InChI=1S/C13H15ClN2/c1-13(6-3-7-16-13)9-4-2-5-11-12(9)10(14)8-15-11/h2,4-5,8,15-16H,3,6-7H2,1H3. The lowest BCUT2D eigenvalue weighted by Crippen LogP contribution is -2.33. The summed E-state index contributed by atoms with van der Waals surface area (Å²) in [4.78, 5) is 3.21. The number of aromatic amines is 1. The summed E-state index contributed by atoms with van der Waals surface area (Å²) in [5, 5.41) is 5.57. The Bertz CT molecular complexity index is 524. The van der Waals surface area contributed by atoms with Gasteiger partial charge in [-0.15, -0.1) is 0 Å². The number of halogens is 1. The van der Waals surface area contributed by atoms with Crippen molar-refractivity contribution in [3.63, 3.8) is 0 Å². The minimum Gasteiger partial charge on any atom is -0.360 e. The molecule has 2 heterocycles. The zero-order valence-electron chi connectivity index (χ0n) is 9.31. The molecule has 3 rings (SSSR count). The van der Waals surface area contributed by atoms with Crippen LogP contribution in [0.1, 0.15) is 25.3 Å². The van der Waals surface area contributed by atoms with Crippen LogP contribution in [0.3, 0.4) is 0 Å². The molecular formula is C13H15ClN2. The molecule has 0 bridgehead atoms. The van der Waals surface area contributed by atoms with Crippen LogP contribution in [0.4, 0.5) is 0 Å². The van der Waals surface area contributed by atoms with E-state index in [1.54, 1.807) is 0 Å². The number of H-pyrrole nitrogens is 1. The fourth-order valence-corrected chi connectivity index (χ4v) is 2.99. The second kappa shape index (κ2) is 3.51. The highest BCUT2D eigenvalue weighted by molar-refractivity contribution is 6.35. The summed E-state index contributed by atoms with van der Waals surface area (Å²) < 4.78 is 0. The quantitative estimate of drug-likeness (QED) is 0.778. The highest BCUT2D eigenvalue weighted by atomic mass is 35.5. The third kappa shape index (κ3) is 1.37. The van der Waals surface area contributed by atoms with E-state index in [2.05, 4.69) is 35.4 Å². The van der Waals surface area contributed by atoms with Gasteiger partial charge in [0.2, 0.25) is 0 Å². The largest absolute Gasteiger partial charge is 0.360 e. The second-order valence-electron chi connectivity index (χ2n) is 4.73. The fourth-order valence-electron chi connectivity index (χ4n) is 2.73. The maximum absolute atomic E-state index is 6.26. The van der Waals surface area contributed by atoms with Gasteiger partial charge in [0.1, 0.15) is 0 Å². The third-order valence-electron chi connectivity index (χ3n) is 3.62. The van der Waals surface area contributed by atoms with Crippen molar-refractivity contribution in [3.05, 3.63) is 35.0 Å². The molecule has 1 fully saturated rings. The lowest BCUT2D eigenvalue weighted by Gasteiger charge is -2.26. The number of hydrogen-bond donors (Lipinski definition) is 2. The fraction of sp³-hybridized carbons (Fsp3) is 0.385. The van der Waals surface area contributed by atoms with E-state index in [-0.39, 0.29) is 5.54 Å². The average molecular weight is 235 g/mol. The number of hydrogen-bond acceptors (Lipinski definition) is 1. The van der Waals surface area contributed by atoms with Crippen LogP contribution in [0.25, 0.3) is 10.9 Å². The van der Waals surface area contributed by atoms with Crippen molar-refractivity contribution in [3.8, 4) is 0 Å². The van der Waals surface area contributed by atoms with E-state index < -0.39 is 0 Å². The molecule has 1 aromatic carbocycles. The van der Waals surface area contributed by atoms with Gasteiger partial charge in [-0.25, -0.2) is 0 Å². The van der Waals surface area contributed by atoms with Gasteiger partial charge in [-0.05, 0) is 37.9 Å². The first kappa shape index (κ1) is 10.2. The van der Waals surface area contributed by atoms with Crippen LogP contribution < -0.4 is 5.32 Å². The van der Waals surface area contributed by atoms with Crippen molar-refractivity contribution in [2.45, 2.75) is 25.3 Å². The normalized spacial score (nSPS) is 25.4. The van der Waals surface area contributed by atoms with Gasteiger partial charge in [0.15, 0.2) is 0 Å². The summed E-state index contributed by atoms with van der Waals surface area (Å²) in [5.41, 5.74) is 2.51. The Labute approximate surface area is 100.0 Å². The van der Waals surface area contributed by atoms with Crippen LogP contribution in [0.5, 0.6) is 0 Å². The smallest absolute Gasteiger partial charge is 0.0662 e. The van der Waals surface area contributed by atoms with Gasteiger partial charge in [-0.2, -0.15) is 0 Å². The Balaban J connectivity index is 2.26. The minimum atomic E-state index is 0.0747. The zero-order chi connectivity index (χ0) is 11.2. The first-order chi connectivity index (χ1) is 7.71. The van der Waals surface area contributed by atoms with Gasteiger partial charge in [0.05, 0.1) is 5.02 Å². The summed E-state index contributed by atoms with van der Waals surface area (Å²) in [7, 11) is 0. The van der Waals surface area contributed by atoms with E-state index >= 15 is 0 Å². The van der Waals surface area contributed by atoms with Gasteiger partial charge >= 0.3 is 0 Å². The molecule has 0 amide bonds. The Kier molecular flexibility index (Phi) is 2.23. The molecule has 0 aliphatic carbocycles. The molecule has 16 heavy (non-hydrogen) atoms. The van der Waals surface area contributed by atoms with E-state index in [9.17, 15) is 0 Å². The van der Waals surface area contributed by atoms with Crippen molar-refractivity contribution in [2.75, 3.05) is 6.54 Å². The van der Waals surface area contributed by atoms with Crippen LogP contribution in [-0.2, 0) is 5.54 Å². The molecule has 2 nitrogen and oxygen atoms in total. The molecule has 1 saturated heterocycles. The monoisotopic (exact) mass is 234 g/mol. The Morgan fingerprint density at radius 1 is 1.38 bits per heavy atom. The minimum absolute atomic E-state index is 0.0747. The second-order valence-corrected chi connectivity index (χ2v) is 5.13. The van der Waals surface area contributed by atoms with Gasteiger partial charge < -0.3 is 10.3 Å². The zero-order valence-corrected chi connectivity index (χ0v) is 10.1. The molecule has 0 spiro atoms. The molecule has 1 aromatic heterocycles. The summed E-state index contributed by atoms with van der Waals surface area (Å²) >= 11 is 6.26. The van der Waals surface area contributed by atoms with Gasteiger partial charge in [0.25, 0.3) is 0 Å². The highest BCUT2D eigenvalue weighted by Crippen LogP contribution is 2.37. The predicted molar refractivity (Wildman–Crippen MR) is 67.9 cm³/mol. The number of benzene rings is 1. The molecular weight excluding hydrogens is 220 g/mol. The van der Waals surface area contributed by atoms with E-state index in [1.807, 2.05) is 6.20 Å². The third-order valence-corrected chi connectivity index (χ3v) is 3.92. The molecule has 1 atom stereocenters. The summed E-state index contributed by atoms with van der Waals surface area (Å²) in [6.45, 7) is 3.35. The summed E-state index contributed by atoms with van der Waals surface area (Å²) in [5.74, 6) is 0. The van der Waals surface area contributed by atoms with Crippen LogP contribution in [0.15, 0.2) is 24.4 Å². The van der Waals surface area contributed by atoms with Gasteiger partial charge in [-0.1, -0.05) is 23.7 Å². The van der Waals surface area contributed by atoms with Gasteiger partial charge in [0, 0.05) is 22.6 Å². The Hall–Kier alpha value is -0.990. The number of rotatable bonds is 1. The molecule has 0 radical (unpaired) electrons. The number of nitrogens with one attached hydrogen (secondary N) is 2. The van der Waals surface area contributed by atoms with Crippen LogP contribution in [-0.4, -0.2) is 11.5 Å². The van der Waals surface area contributed by atoms with Gasteiger partial charge in [-0.3, -0.25) is 0 Å². The SMILES string of the molecule is CC1(c2cccc3[nH]cc(Cl)c23)CCCN1. The van der Waals surface area contributed by atoms with Crippen molar-refractivity contribution in [2.24, 2.45) is 0 Å². The lowest BCUT2D eigenvalue weighted by atomic mass is 9.88. The molecule has 3 heteroatoms. The average Bonchev–Trinajstić information content (AvgIpc) is 2.87. The molecule has 1 unspecified atom stereocenters. The maximum atomic E-state index is 6.26. The molecule has 2 aromatic rings. The van der Waals surface area contributed by atoms with E-state index in [1.165, 1.54) is 23.8 Å². The highest BCUT2D eigenvalue weighted by Gasteiger charge is 2.31. The number of fused-ring (bicyclic) bond motifs is 1. The van der Waals surface area contributed by atoms with Crippen LogP contribution in [0.2, 0.25) is 5.02 Å². The summed E-state index contributed by atoms with van der Waals surface area (Å²) in [6, 6.07) is 6.35. The van der Waals surface area contributed by atoms with E-state index in [4.69, 9.17) is 11.6 Å². The van der Waals surface area contributed by atoms with E-state index in [0.29, 0.717) is 0 Å². The maximum Gasteiger partial charge on any atom is 0.0662 e. The lowest BCUT2D eigenvalue weighted by molar-refractivity contribution is 0.438. The van der Waals surface area contributed by atoms with E-state index in [0.717, 1.165) is 17.1 Å². The van der Waals surface area contributed by atoms with Crippen LogP contribution >= 0.6 is 11.6 Å². The molecule has 1 aliphatic heterocycles. The first-order valence-electron chi connectivity index (χ1n) is 5.72. The van der Waals surface area contributed by atoms with Crippen molar-refractivity contribution in [1.82, 2.24) is 10.3 Å². The molecule has 0 saturated carbocycles.